The van der Waals surface area contributed by atoms with E-state index in [-0.39, 0.29) is 12.5 Å². The number of benzene rings is 1. The van der Waals surface area contributed by atoms with Crippen molar-refractivity contribution in [1.82, 2.24) is 10.3 Å². The van der Waals surface area contributed by atoms with Crippen LogP contribution in [0.4, 0.5) is 0 Å². The molecule has 1 amide bonds. The van der Waals surface area contributed by atoms with E-state index in [1.165, 1.54) is 0 Å². The van der Waals surface area contributed by atoms with Gasteiger partial charge >= 0.3 is 0 Å². The van der Waals surface area contributed by atoms with Crippen LogP contribution in [0.1, 0.15) is 16.8 Å². The molecule has 1 heterocycles. The molecule has 0 spiro atoms. The number of hydrogen-bond acceptors (Lipinski definition) is 3. The zero-order valence-corrected chi connectivity index (χ0v) is 14.5. The van der Waals surface area contributed by atoms with Gasteiger partial charge in [-0.25, -0.2) is 0 Å². The minimum absolute atomic E-state index is 0.0200. The van der Waals surface area contributed by atoms with Gasteiger partial charge in [0.1, 0.15) is 0 Å². The normalized spacial score (nSPS) is 11.0. The first-order valence-electron chi connectivity index (χ1n) is 6.56. The first-order chi connectivity index (χ1) is 10.1. The Balaban J connectivity index is 1.95. The Morgan fingerprint density at radius 3 is 2.81 bits per heavy atom. The Labute approximate surface area is 139 Å². The van der Waals surface area contributed by atoms with Crippen molar-refractivity contribution < 1.29 is 14.6 Å². The number of nitrogens with one attached hydrogen (secondary N) is 2. The molecule has 5 nitrogen and oxygen atoms in total. The summed E-state index contributed by atoms with van der Waals surface area (Å²) >= 11 is 6.88. The van der Waals surface area contributed by atoms with Crippen molar-refractivity contribution in [3.8, 4) is 0 Å². The van der Waals surface area contributed by atoms with Gasteiger partial charge in [0.15, 0.2) is 0 Å². The van der Waals surface area contributed by atoms with Gasteiger partial charge in [0, 0.05) is 39.2 Å². The van der Waals surface area contributed by atoms with Crippen molar-refractivity contribution in [2.24, 2.45) is 0 Å². The smallest absolute Gasteiger partial charge is 0.253 e. The van der Waals surface area contributed by atoms with Crippen molar-refractivity contribution in [3.63, 3.8) is 0 Å². The Morgan fingerprint density at radius 2 is 2.05 bits per heavy atom. The number of H-pyrrole nitrogens is 1. The third-order valence-electron chi connectivity index (χ3n) is 2.95. The molecule has 0 saturated heterocycles. The standard InChI is InChI=1S/C14H16Br2N2O3/c15-11-6-9-10(8-18-13(9)7-12(11)16)14(20)17-2-1-4-21-5-3-19/h6-8,18-19H,1-5H2,(H,17,20). The first-order valence-corrected chi connectivity index (χ1v) is 8.15. The second-order valence-electron chi connectivity index (χ2n) is 4.46. The van der Waals surface area contributed by atoms with Crippen LogP contribution in [0.5, 0.6) is 0 Å². The lowest BCUT2D eigenvalue weighted by atomic mass is 10.1. The number of carbonyl (C=O) groups is 1. The summed E-state index contributed by atoms with van der Waals surface area (Å²) in [5.41, 5.74) is 1.52. The van der Waals surface area contributed by atoms with Crippen LogP contribution in [-0.4, -0.2) is 42.4 Å². The Hall–Kier alpha value is -0.890. The number of halogens is 2. The number of aromatic amines is 1. The molecule has 0 radical (unpaired) electrons. The van der Waals surface area contributed by atoms with Crippen molar-refractivity contribution in [1.29, 1.82) is 0 Å². The number of hydrogen-bond donors (Lipinski definition) is 3. The van der Waals surface area contributed by atoms with Crippen LogP contribution >= 0.6 is 31.9 Å². The number of fused-ring (bicyclic) bond motifs is 1. The number of aromatic nitrogens is 1. The molecule has 3 N–H and O–H groups in total. The van der Waals surface area contributed by atoms with Crippen LogP contribution in [0.15, 0.2) is 27.3 Å². The summed E-state index contributed by atoms with van der Waals surface area (Å²) in [7, 11) is 0. The van der Waals surface area contributed by atoms with Crippen molar-refractivity contribution in [2.45, 2.75) is 6.42 Å². The fraction of sp³-hybridized carbons (Fsp3) is 0.357. The SMILES string of the molecule is O=C(NCCCOCCO)c1c[nH]c2cc(Br)c(Br)cc12. The van der Waals surface area contributed by atoms with Crippen LogP contribution in [0.25, 0.3) is 10.9 Å². The van der Waals surface area contributed by atoms with Crippen LogP contribution < -0.4 is 5.32 Å². The Bertz CT molecular complexity index is 628. The molecule has 7 heteroatoms. The summed E-state index contributed by atoms with van der Waals surface area (Å²) < 4.78 is 6.97. The number of aliphatic hydroxyl groups is 1. The molecule has 0 aliphatic carbocycles. The molecule has 0 atom stereocenters. The van der Waals surface area contributed by atoms with Crippen LogP contribution in [0.2, 0.25) is 0 Å². The highest BCUT2D eigenvalue weighted by Gasteiger charge is 2.13. The highest BCUT2D eigenvalue weighted by molar-refractivity contribution is 9.13. The molecule has 1 aromatic carbocycles. The van der Waals surface area contributed by atoms with E-state index in [0.29, 0.717) is 31.7 Å². The number of ether oxygens (including phenoxy) is 1. The summed E-state index contributed by atoms with van der Waals surface area (Å²) in [6.45, 7) is 1.41. The average Bonchev–Trinajstić information content (AvgIpc) is 2.86. The molecule has 2 rings (SSSR count). The average molecular weight is 420 g/mol. The molecule has 0 bridgehead atoms. The van der Waals surface area contributed by atoms with Crippen LogP contribution in [0.3, 0.4) is 0 Å². The number of aliphatic hydroxyl groups excluding tert-OH is 1. The predicted octanol–water partition coefficient (Wildman–Crippen LogP) is 2.82. The summed E-state index contributed by atoms with van der Waals surface area (Å²) in [6.07, 6.45) is 2.42. The van der Waals surface area contributed by atoms with E-state index in [1.807, 2.05) is 12.1 Å². The van der Waals surface area contributed by atoms with E-state index >= 15 is 0 Å². The van der Waals surface area contributed by atoms with Crippen molar-refractivity contribution >= 4 is 48.7 Å². The van der Waals surface area contributed by atoms with Crippen LogP contribution in [0, 0.1) is 0 Å². The van der Waals surface area contributed by atoms with Gasteiger partial charge in [-0.1, -0.05) is 0 Å². The molecule has 0 unspecified atom stereocenters. The second-order valence-corrected chi connectivity index (χ2v) is 6.17. The maximum Gasteiger partial charge on any atom is 0.253 e. The lowest BCUT2D eigenvalue weighted by Crippen LogP contribution is -2.25. The quantitative estimate of drug-likeness (QED) is 0.604. The molecule has 21 heavy (non-hydrogen) atoms. The van der Waals surface area contributed by atoms with Crippen molar-refractivity contribution in [2.75, 3.05) is 26.4 Å². The van der Waals surface area contributed by atoms with E-state index in [1.54, 1.807) is 6.20 Å². The fourth-order valence-electron chi connectivity index (χ4n) is 1.94. The molecule has 114 valence electrons. The van der Waals surface area contributed by atoms with Gasteiger partial charge in [0.25, 0.3) is 5.91 Å². The van der Waals surface area contributed by atoms with Gasteiger partial charge in [-0.15, -0.1) is 0 Å². The zero-order valence-electron chi connectivity index (χ0n) is 11.3. The molecule has 0 aliphatic rings. The number of amides is 1. The minimum Gasteiger partial charge on any atom is -0.394 e. The third kappa shape index (κ3) is 4.29. The molecule has 0 saturated carbocycles. The van der Waals surface area contributed by atoms with E-state index in [9.17, 15) is 4.79 Å². The fourth-order valence-corrected chi connectivity index (χ4v) is 2.63. The highest BCUT2D eigenvalue weighted by Crippen LogP contribution is 2.29. The maximum atomic E-state index is 12.2. The van der Waals surface area contributed by atoms with Gasteiger partial charge in [0.05, 0.1) is 18.8 Å². The monoisotopic (exact) mass is 418 g/mol. The lowest BCUT2D eigenvalue weighted by Gasteiger charge is -2.05. The summed E-state index contributed by atoms with van der Waals surface area (Å²) in [5, 5.41) is 12.3. The maximum absolute atomic E-state index is 12.2. The summed E-state index contributed by atoms with van der Waals surface area (Å²) in [4.78, 5) is 15.3. The largest absolute Gasteiger partial charge is 0.394 e. The van der Waals surface area contributed by atoms with Crippen molar-refractivity contribution in [3.05, 3.63) is 32.8 Å². The molecule has 0 aliphatic heterocycles. The van der Waals surface area contributed by atoms with Gasteiger partial charge in [-0.05, 0) is 50.4 Å². The summed E-state index contributed by atoms with van der Waals surface area (Å²) in [5.74, 6) is -0.113. The third-order valence-corrected chi connectivity index (χ3v) is 4.80. The van der Waals surface area contributed by atoms with E-state index in [4.69, 9.17) is 9.84 Å². The van der Waals surface area contributed by atoms with Gasteiger partial charge < -0.3 is 20.1 Å². The lowest BCUT2D eigenvalue weighted by molar-refractivity contribution is 0.0868. The summed E-state index contributed by atoms with van der Waals surface area (Å²) in [6, 6.07) is 3.84. The second kappa shape index (κ2) is 7.93. The van der Waals surface area contributed by atoms with E-state index in [0.717, 1.165) is 19.8 Å². The van der Waals surface area contributed by atoms with Gasteiger partial charge in [-0.2, -0.15) is 0 Å². The number of rotatable bonds is 7. The predicted molar refractivity (Wildman–Crippen MR) is 88.6 cm³/mol. The first kappa shape index (κ1) is 16.5. The molecular weight excluding hydrogens is 404 g/mol. The zero-order chi connectivity index (χ0) is 15.2. The molecule has 0 fully saturated rings. The molecular formula is C14H16Br2N2O3. The van der Waals surface area contributed by atoms with Gasteiger partial charge in [-0.3, -0.25) is 4.79 Å². The molecule has 2 aromatic rings. The highest BCUT2D eigenvalue weighted by atomic mass is 79.9. The topological polar surface area (TPSA) is 74.3 Å². The Morgan fingerprint density at radius 1 is 1.29 bits per heavy atom. The minimum atomic E-state index is -0.113. The van der Waals surface area contributed by atoms with E-state index < -0.39 is 0 Å². The molecule has 1 aromatic heterocycles. The van der Waals surface area contributed by atoms with Gasteiger partial charge in [0.2, 0.25) is 0 Å². The Kier molecular flexibility index (Phi) is 6.22. The van der Waals surface area contributed by atoms with E-state index in [2.05, 4.69) is 42.2 Å². The van der Waals surface area contributed by atoms with Crippen LogP contribution in [-0.2, 0) is 4.74 Å². The number of carbonyl (C=O) groups excluding carboxylic acids is 1.